The number of ether oxygens (including phenoxy) is 3. The first kappa shape index (κ1) is 19.1. The van der Waals surface area contributed by atoms with Crippen molar-refractivity contribution in [1.82, 2.24) is 0 Å². The van der Waals surface area contributed by atoms with E-state index in [1.165, 1.54) is 0 Å². The molecule has 0 bridgehead atoms. The van der Waals surface area contributed by atoms with Crippen molar-refractivity contribution < 1.29 is 23.0 Å². The molecule has 3 nitrogen and oxygen atoms in total. The molecule has 0 saturated heterocycles. The standard InChI is InChI=1S/C19H28F2O3/c1-4-5-12-24-16-11-10-15(17(20)18(16)21)13-6-8-14(9-7-13)19(22-2)23-3/h10-11,13-14,19H,4-9,12H2,1-3H3. The van der Waals surface area contributed by atoms with E-state index in [1.807, 2.05) is 6.92 Å². The number of unbranched alkanes of at least 4 members (excludes halogenated alkanes) is 1. The summed E-state index contributed by atoms with van der Waals surface area (Å²) in [5.41, 5.74) is 0.458. The molecule has 1 aliphatic rings. The van der Waals surface area contributed by atoms with Crippen LogP contribution < -0.4 is 4.74 Å². The molecule has 0 unspecified atom stereocenters. The van der Waals surface area contributed by atoms with Crippen molar-refractivity contribution in [3.63, 3.8) is 0 Å². The summed E-state index contributed by atoms with van der Waals surface area (Å²) < 4.78 is 44.6. The van der Waals surface area contributed by atoms with E-state index in [0.29, 0.717) is 18.1 Å². The van der Waals surface area contributed by atoms with Crippen LogP contribution in [0.25, 0.3) is 0 Å². The van der Waals surface area contributed by atoms with Crippen molar-refractivity contribution >= 4 is 0 Å². The fraction of sp³-hybridized carbons (Fsp3) is 0.684. The molecule has 1 saturated carbocycles. The summed E-state index contributed by atoms with van der Waals surface area (Å²) in [7, 11) is 3.26. The molecule has 1 aromatic carbocycles. The van der Waals surface area contributed by atoms with Gasteiger partial charge in [-0.1, -0.05) is 19.4 Å². The molecule has 1 fully saturated rings. The number of hydrogen-bond donors (Lipinski definition) is 0. The zero-order chi connectivity index (χ0) is 17.5. The quantitative estimate of drug-likeness (QED) is 0.489. The molecular formula is C19H28F2O3. The first-order chi connectivity index (χ1) is 11.6. The first-order valence-corrected chi connectivity index (χ1v) is 8.78. The molecular weight excluding hydrogens is 314 g/mol. The van der Waals surface area contributed by atoms with Gasteiger partial charge in [0, 0.05) is 20.1 Å². The van der Waals surface area contributed by atoms with Crippen molar-refractivity contribution in [2.75, 3.05) is 20.8 Å². The summed E-state index contributed by atoms with van der Waals surface area (Å²) in [4.78, 5) is 0. The van der Waals surface area contributed by atoms with Crippen LogP contribution in [0.15, 0.2) is 12.1 Å². The van der Waals surface area contributed by atoms with Gasteiger partial charge in [-0.2, -0.15) is 4.39 Å². The lowest BCUT2D eigenvalue weighted by Gasteiger charge is -2.32. The van der Waals surface area contributed by atoms with E-state index in [4.69, 9.17) is 14.2 Å². The molecule has 0 amide bonds. The Bertz CT molecular complexity index is 510. The average molecular weight is 342 g/mol. The van der Waals surface area contributed by atoms with Crippen LogP contribution in [-0.2, 0) is 9.47 Å². The summed E-state index contributed by atoms with van der Waals surface area (Å²) in [5, 5.41) is 0. The van der Waals surface area contributed by atoms with E-state index in [-0.39, 0.29) is 18.0 Å². The minimum atomic E-state index is -0.864. The molecule has 24 heavy (non-hydrogen) atoms. The van der Waals surface area contributed by atoms with E-state index in [1.54, 1.807) is 26.4 Å². The second kappa shape index (κ2) is 9.33. The van der Waals surface area contributed by atoms with Crippen LogP contribution in [0, 0.1) is 17.6 Å². The van der Waals surface area contributed by atoms with E-state index >= 15 is 0 Å². The molecule has 1 aliphatic carbocycles. The van der Waals surface area contributed by atoms with Gasteiger partial charge in [0.1, 0.15) is 0 Å². The maximum Gasteiger partial charge on any atom is 0.200 e. The molecule has 2 rings (SSSR count). The summed E-state index contributed by atoms with van der Waals surface area (Å²) >= 11 is 0. The highest BCUT2D eigenvalue weighted by atomic mass is 19.2. The van der Waals surface area contributed by atoms with E-state index in [0.717, 1.165) is 38.5 Å². The Morgan fingerprint density at radius 1 is 1.04 bits per heavy atom. The van der Waals surface area contributed by atoms with Crippen LogP contribution in [0.5, 0.6) is 5.75 Å². The highest BCUT2D eigenvalue weighted by molar-refractivity contribution is 5.33. The highest BCUT2D eigenvalue weighted by Crippen LogP contribution is 2.40. The minimum absolute atomic E-state index is 0.0113. The van der Waals surface area contributed by atoms with Crippen molar-refractivity contribution in [3.8, 4) is 5.75 Å². The normalized spacial score (nSPS) is 21.2. The monoisotopic (exact) mass is 342 g/mol. The van der Waals surface area contributed by atoms with Gasteiger partial charge in [0.15, 0.2) is 17.9 Å². The summed E-state index contributed by atoms with van der Waals surface area (Å²) in [6.07, 6.45) is 4.93. The van der Waals surface area contributed by atoms with Gasteiger partial charge in [-0.3, -0.25) is 0 Å². The second-order valence-corrected chi connectivity index (χ2v) is 6.43. The van der Waals surface area contributed by atoms with Gasteiger partial charge in [-0.05, 0) is 49.7 Å². The Kier molecular flexibility index (Phi) is 7.43. The van der Waals surface area contributed by atoms with E-state index < -0.39 is 11.6 Å². The Hall–Kier alpha value is -1.20. The van der Waals surface area contributed by atoms with Gasteiger partial charge < -0.3 is 14.2 Å². The van der Waals surface area contributed by atoms with Gasteiger partial charge in [-0.25, -0.2) is 4.39 Å². The van der Waals surface area contributed by atoms with Gasteiger partial charge in [-0.15, -0.1) is 0 Å². The predicted octanol–water partition coefficient (Wildman–Crippen LogP) is 5.04. The third-order valence-corrected chi connectivity index (χ3v) is 4.89. The molecule has 0 aliphatic heterocycles. The lowest BCUT2D eigenvalue weighted by molar-refractivity contribution is -0.144. The van der Waals surface area contributed by atoms with Gasteiger partial charge in [0.05, 0.1) is 6.61 Å². The van der Waals surface area contributed by atoms with Gasteiger partial charge in [0.25, 0.3) is 0 Å². The molecule has 0 N–H and O–H groups in total. The highest BCUT2D eigenvalue weighted by Gasteiger charge is 2.30. The maximum absolute atomic E-state index is 14.4. The fourth-order valence-electron chi connectivity index (χ4n) is 3.48. The number of halogens is 2. The predicted molar refractivity (Wildman–Crippen MR) is 89.3 cm³/mol. The Morgan fingerprint density at radius 2 is 1.71 bits per heavy atom. The van der Waals surface area contributed by atoms with Gasteiger partial charge in [0.2, 0.25) is 5.82 Å². The lowest BCUT2D eigenvalue weighted by atomic mass is 9.78. The van der Waals surface area contributed by atoms with Crippen LogP contribution in [0.4, 0.5) is 8.78 Å². The molecule has 0 radical (unpaired) electrons. The summed E-state index contributed by atoms with van der Waals surface area (Å²) in [6, 6.07) is 3.23. The number of benzene rings is 1. The van der Waals surface area contributed by atoms with Crippen molar-refractivity contribution in [3.05, 3.63) is 29.3 Å². The zero-order valence-electron chi connectivity index (χ0n) is 14.8. The third kappa shape index (κ3) is 4.45. The van der Waals surface area contributed by atoms with Crippen LogP contribution in [0.1, 0.15) is 56.9 Å². The summed E-state index contributed by atoms with van der Waals surface area (Å²) in [5.74, 6) is -1.27. The smallest absolute Gasteiger partial charge is 0.200 e. The average Bonchev–Trinajstić information content (AvgIpc) is 2.61. The van der Waals surface area contributed by atoms with Gasteiger partial charge >= 0.3 is 0 Å². The number of rotatable bonds is 8. The molecule has 5 heteroatoms. The fourth-order valence-corrected chi connectivity index (χ4v) is 3.48. The lowest BCUT2D eigenvalue weighted by Crippen LogP contribution is -2.28. The Labute approximate surface area is 143 Å². The van der Waals surface area contributed by atoms with Crippen LogP contribution in [0.3, 0.4) is 0 Å². The largest absolute Gasteiger partial charge is 0.490 e. The van der Waals surface area contributed by atoms with Crippen molar-refractivity contribution in [2.45, 2.75) is 57.7 Å². The molecule has 0 spiro atoms. The summed E-state index contributed by atoms with van der Waals surface area (Å²) in [6.45, 7) is 2.43. The van der Waals surface area contributed by atoms with Crippen molar-refractivity contribution in [1.29, 1.82) is 0 Å². The van der Waals surface area contributed by atoms with Crippen LogP contribution >= 0.6 is 0 Å². The van der Waals surface area contributed by atoms with Crippen LogP contribution in [0.2, 0.25) is 0 Å². The minimum Gasteiger partial charge on any atom is -0.490 e. The zero-order valence-corrected chi connectivity index (χ0v) is 14.8. The molecule has 1 aromatic rings. The molecule has 0 atom stereocenters. The topological polar surface area (TPSA) is 27.7 Å². The molecule has 0 heterocycles. The van der Waals surface area contributed by atoms with Crippen LogP contribution in [-0.4, -0.2) is 27.1 Å². The Morgan fingerprint density at radius 3 is 2.29 bits per heavy atom. The SMILES string of the molecule is CCCCOc1ccc(C2CCC(C(OC)OC)CC2)c(F)c1F. The van der Waals surface area contributed by atoms with E-state index in [9.17, 15) is 8.78 Å². The third-order valence-electron chi connectivity index (χ3n) is 4.89. The van der Waals surface area contributed by atoms with Crippen molar-refractivity contribution in [2.24, 2.45) is 5.92 Å². The molecule has 136 valence electrons. The maximum atomic E-state index is 14.4. The number of hydrogen-bond acceptors (Lipinski definition) is 3. The molecule has 0 aromatic heterocycles. The first-order valence-electron chi connectivity index (χ1n) is 8.78. The second-order valence-electron chi connectivity index (χ2n) is 6.43. The number of methoxy groups -OCH3 is 2. The van der Waals surface area contributed by atoms with E-state index in [2.05, 4.69) is 0 Å². The Balaban J connectivity index is 2.01.